The van der Waals surface area contributed by atoms with Crippen molar-refractivity contribution < 1.29 is 18.4 Å². The maximum Gasteiger partial charge on any atom is 0.298 e. The first-order valence-corrected chi connectivity index (χ1v) is 11.0. The van der Waals surface area contributed by atoms with Crippen LogP contribution in [-0.4, -0.2) is 49.9 Å². The van der Waals surface area contributed by atoms with Crippen molar-refractivity contribution in [1.82, 2.24) is 4.90 Å². The molecule has 0 radical (unpaired) electrons. The molecule has 1 aromatic rings. The van der Waals surface area contributed by atoms with Gasteiger partial charge in [-0.25, -0.2) is 8.78 Å². The Morgan fingerprint density at radius 3 is 1.64 bits per heavy atom. The van der Waals surface area contributed by atoms with Crippen LogP contribution in [-0.2, 0) is 0 Å². The van der Waals surface area contributed by atoms with Crippen LogP contribution in [0.2, 0.25) is 0 Å². The molecule has 25 heavy (non-hydrogen) atoms. The Hall–Kier alpha value is -0.730. The van der Waals surface area contributed by atoms with E-state index in [2.05, 4.69) is 0 Å². The van der Waals surface area contributed by atoms with E-state index < -0.39 is 27.7 Å². The van der Waals surface area contributed by atoms with Gasteiger partial charge >= 0.3 is 0 Å². The largest absolute Gasteiger partial charge is 0.298 e. The maximum absolute atomic E-state index is 15.3. The van der Waals surface area contributed by atoms with Gasteiger partial charge in [0.15, 0.2) is 3.41 Å². The van der Waals surface area contributed by atoms with Crippen LogP contribution in [0, 0.1) is 0 Å². The average molecular weight is 406 g/mol. The van der Waals surface area contributed by atoms with Crippen molar-refractivity contribution in [1.29, 1.82) is 0 Å². The molecule has 1 aromatic carbocycles. The lowest BCUT2D eigenvalue weighted by atomic mass is 10.1. The molecule has 2 rings (SSSR count). The molecule has 0 atom stereocenters. The number of carbonyl (C=O) groups is 2. The smallest absolute Gasteiger partial charge is 0.269 e. The Morgan fingerprint density at radius 1 is 0.880 bits per heavy atom. The fraction of sp³-hybridized carbons (Fsp3) is 0.529. The summed E-state index contributed by atoms with van der Waals surface area (Å²) in [5, 5.41) is 0. The molecule has 0 aromatic heterocycles. The minimum atomic E-state index is -3.22. The molecule has 0 N–H and O–H groups in total. The number of imide groups is 1. The molecule has 3 nitrogen and oxygen atoms in total. The molecule has 2 amide bonds. The predicted octanol–water partition coefficient (Wildman–Crippen LogP) is 4.83. The Morgan fingerprint density at radius 2 is 1.28 bits per heavy atom. The van der Waals surface area contributed by atoms with E-state index in [0.717, 1.165) is 0 Å². The number of fused-ring (bicyclic) bond motifs is 1. The molecule has 1 aliphatic rings. The van der Waals surface area contributed by atoms with Crippen molar-refractivity contribution in [3.05, 3.63) is 35.4 Å². The molecule has 8 heteroatoms. The Labute approximate surface area is 159 Å². The van der Waals surface area contributed by atoms with Crippen LogP contribution in [0.15, 0.2) is 24.3 Å². The molecule has 0 bridgehead atoms. The summed E-state index contributed by atoms with van der Waals surface area (Å²) in [4.78, 5) is 25.6. The van der Waals surface area contributed by atoms with Crippen molar-refractivity contribution in [2.45, 2.75) is 30.1 Å². The second-order valence-electron chi connectivity index (χ2n) is 5.30. The second-order valence-corrected chi connectivity index (χ2v) is 10.5. The fourth-order valence-electron chi connectivity index (χ4n) is 2.69. The molecule has 0 saturated heterocycles. The van der Waals surface area contributed by atoms with Gasteiger partial charge in [0, 0.05) is 0 Å². The molecule has 0 fully saturated rings. The van der Waals surface area contributed by atoms with Gasteiger partial charge in [-0.1, -0.05) is 32.9 Å². The minimum Gasteiger partial charge on any atom is -0.269 e. The summed E-state index contributed by atoms with van der Waals surface area (Å²) >= 11 is 3.53. The lowest BCUT2D eigenvalue weighted by molar-refractivity contribution is -0.0146. The molecule has 0 unspecified atom stereocenters. The van der Waals surface area contributed by atoms with Crippen LogP contribution < -0.4 is 0 Å². The molecular formula is C17H21F2NO2S3. The van der Waals surface area contributed by atoms with E-state index in [-0.39, 0.29) is 11.1 Å². The van der Waals surface area contributed by atoms with E-state index in [4.69, 9.17) is 0 Å². The van der Waals surface area contributed by atoms with Crippen molar-refractivity contribution in [2.24, 2.45) is 0 Å². The zero-order valence-corrected chi connectivity index (χ0v) is 16.8. The van der Waals surface area contributed by atoms with Crippen LogP contribution in [0.1, 0.15) is 41.5 Å². The number of hydrogen-bond acceptors (Lipinski definition) is 5. The number of benzene rings is 1. The fourth-order valence-corrected chi connectivity index (χ4v) is 7.78. The van der Waals surface area contributed by atoms with Gasteiger partial charge in [-0.2, -0.15) is 0 Å². The number of halogens is 2. The van der Waals surface area contributed by atoms with E-state index in [9.17, 15) is 9.59 Å². The Bertz CT molecular complexity index is 603. The molecule has 1 heterocycles. The molecule has 0 aliphatic carbocycles. The number of nitrogens with zero attached hydrogens (tertiary/aromatic N) is 1. The average Bonchev–Trinajstić information content (AvgIpc) is 2.80. The summed E-state index contributed by atoms with van der Waals surface area (Å²) in [6.45, 7) is 4.62. The van der Waals surface area contributed by atoms with Gasteiger partial charge in [0.25, 0.3) is 17.7 Å². The van der Waals surface area contributed by atoms with E-state index in [1.165, 1.54) is 47.4 Å². The highest BCUT2D eigenvalue weighted by molar-refractivity contribution is 8.33. The topological polar surface area (TPSA) is 37.4 Å². The number of carbonyl (C=O) groups excluding carboxylic acids is 2. The predicted molar refractivity (Wildman–Crippen MR) is 104 cm³/mol. The van der Waals surface area contributed by atoms with Crippen LogP contribution in [0.4, 0.5) is 8.78 Å². The van der Waals surface area contributed by atoms with Gasteiger partial charge in [0.05, 0.1) is 17.7 Å². The summed E-state index contributed by atoms with van der Waals surface area (Å²) in [6, 6.07) is 6.26. The number of alkyl halides is 2. The number of rotatable bonds is 9. The highest BCUT2D eigenvalue weighted by Crippen LogP contribution is 2.56. The first-order chi connectivity index (χ1) is 11.8. The van der Waals surface area contributed by atoms with E-state index in [1.807, 2.05) is 20.8 Å². The lowest BCUT2D eigenvalue weighted by Gasteiger charge is -2.39. The van der Waals surface area contributed by atoms with Gasteiger partial charge in [0.1, 0.15) is 0 Å². The molecule has 1 aliphatic heterocycles. The normalized spacial score (nSPS) is 15.0. The molecule has 138 valence electrons. The minimum absolute atomic E-state index is 0.198. The van der Waals surface area contributed by atoms with Crippen molar-refractivity contribution in [3.63, 3.8) is 0 Å². The summed E-state index contributed by atoms with van der Waals surface area (Å²) in [6.07, 6.45) is 0. The molecule has 0 spiro atoms. The summed E-state index contributed by atoms with van der Waals surface area (Å²) in [5.41, 5.74) is 0.395. The molecular weight excluding hydrogens is 384 g/mol. The zero-order valence-electron chi connectivity index (χ0n) is 14.4. The third kappa shape index (κ3) is 3.85. The number of thioether (sulfide) groups is 3. The highest BCUT2D eigenvalue weighted by Gasteiger charge is 2.57. The van der Waals surface area contributed by atoms with Crippen LogP contribution >= 0.6 is 35.3 Å². The quantitative estimate of drug-likeness (QED) is 0.434. The Balaban J connectivity index is 2.33. The number of hydrogen-bond donors (Lipinski definition) is 0. The highest BCUT2D eigenvalue weighted by atomic mass is 32.3. The van der Waals surface area contributed by atoms with Crippen molar-refractivity contribution in [3.8, 4) is 0 Å². The second kappa shape index (κ2) is 8.31. The van der Waals surface area contributed by atoms with Crippen LogP contribution in [0.25, 0.3) is 0 Å². The van der Waals surface area contributed by atoms with Crippen molar-refractivity contribution >= 4 is 47.1 Å². The van der Waals surface area contributed by atoms with E-state index in [0.29, 0.717) is 22.2 Å². The van der Waals surface area contributed by atoms with Gasteiger partial charge in [0.2, 0.25) is 0 Å². The summed E-state index contributed by atoms with van der Waals surface area (Å²) < 4.78 is 29.2. The van der Waals surface area contributed by atoms with Gasteiger partial charge in [-0.15, -0.1) is 35.3 Å². The lowest BCUT2D eigenvalue weighted by Crippen LogP contribution is -2.50. The first-order valence-electron chi connectivity index (χ1n) is 8.08. The zero-order chi connectivity index (χ0) is 18.7. The van der Waals surface area contributed by atoms with Crippen LogP contribution in [0.5, 0.6) is 0 Å². The van der Waals surface area contributed by atoms with Crippen molar-refractivity contribution in [2.75, 3.05) is 23.8 Å². The number of amides is 2. The van der Waals surface area contributed by atoms with E-state index >= 15 is 8.78 Å². The van der Waals surface area contributed by atoms with Gasteiger partial charge in [-0.3, -0.25) is 14.5 Å². The third-order valence-electron chi connectivity index (χ3n) is 3.69. The Kier molecular flexibility index (Phi) is 6.84. The summed E-state index contributed by atoms with van der Waals surface area (Å²) in [7, 11) is 0. The van der Waals surface area contributed by atoms with Crippen LogP contribution in [0.3, 0.4) is 0 Å². The molecule has 0 saturated carbocycles. The first kappa shape index (κ1) is 20.6. The van der Waals surface area contributed by atoms with E-state index in [1.54, 1.807) is 12.1 Å². The van der Waals surface area contributed by atoms with Gasteiger partial charge < -0.3 is 0 Å². The van der Waals surface area contributed by atoms with Gasteiger partial charge in [-0.05, 0) is 29.4 Å². The monoisotopic (exact) mass is 405 g/mol. The standard InChI is InChI=1S/C17H21F2NO2S3/c1-4-23-17(24-5-2,25-6-3)16(18,19)11-20-14(21)12-9-7-8-10-13(12)15(20)22/h7-10H,4-6,11H2,1-3H3. The SMILES string of the molecule is CCSC(SCC)(SCC)C(F)(F)CN1C(=O)c2ccccc2C1=O. The maximum atomic E-state index is 15.3. The third-order valence-corrected chi connectivity index (χ3v) is 8.71. The summed E-state index contributed by atoms with van der Waals surface area (Å²) in [5.74, 6) is -2.92.